The minimum Gasteiger partial charge on any atom is -0.247 e. The largest absolute Gasteiger partial charge is 0.247 e. The van der Waals surface area contributed by atoms with Gasteiger partial charge in [0.1, 0.15) is 0 Å². The summed E-state index contributed by atoms with van der Waals surface area (Å²) in [6.07, 6.45) is 0. The van der Waals surface area contributed by atoms with Crippen LogP contribution >= 0.6 is 11.3 Å². The van der Waals surface area contributed by atoms with Gasteiger partial charge >= 0.3 is 0 Å². The van der Waals surface area contributed by atoms with Crippen LogP contribution in [0.5, 0.6) is 0 Å². The number of hydrogen-bond donors (Lipinski definition) is 0. The van der Waals surface area contributed by atoms with E-state index in [1.807, 2.05) is 35.6 Å². The predicted octanol–water partition coefficient (Wildman–Crippen LogP) is 17.2. The normalized spacial score (nSPS) is 11.3. The number of nitrogens with zero attached hydrogens (tertiary/aromatic N) is 3. The third-order valence-corrected chi connectivity index (χ3v) is 13.7. The topological polar surface area (TPSA) is 38.7 Å². The molecule has 3 nitrogen and oxygen atoms in total. The Balaban J connectivity index is 1.07. The van der Waals surface area contributed by atoms with E-state index in [-0.39, 0.29) is 0 Å². The molecule has 67 heavy (non-hydrogen) atoms. The Bertz CT molecular complexity index is 3600. The monoisotopic (exact) mass is 871 g/mol. The van der Waals surface area contributed by atoms with Crippen molar-refractivity contribution in [2.45, 2.75) is 0 Å². The second-order valence-corrected chi connectivity index (χ2v) is 17.8. The van der Waals surface area contributed by atoms with Crippen LogP contribution in [0.15, 0.2) is 249 Å². The average molecular weight is 872 g/mol. The lowest BCUT2D eigenvalue weighted by molar-refractivity contribution is 1.18. The lowest BCUT2D eigenvalue weighted by Crippen LogP contribution is -1.96. The van der Waals surface area contributed by atoms with E-state index in [0.29, 0.717) is 5.82 Å². The van der Waals surface area contributed by atoms with Gasteiger partial charge in [0, 0.05) is 48.2 Å². The molecule has 0 atom stereocenters. The standard InChI is InChI=1S/C63H41N3S/c1-6-20-42(21-7-1)51-38-52(43-22-8-2-9-23-43)40-53(39-51)58-59-60(45-26-12-4-13-27-45)64-55-35-17-16-34-54(55)62(59)67-61(58)50-33-19-31-48(37-50)47-30-18-32-49(36-47)57-41-56(44-24-10-3-11-25-44)65-63(66-57)46-28-14-5-15-29-46/h1-41H. The average Bonchev–Trinajstić information content (AvgIpc) is 3.83. The van der Waals surface area contributed by atoms with Gasteiger partial charge in [-0.1, -0.05) is 206 Å². The maximum absolute atomic E-state index is 5.48. The summed E-state index contributed by atoms with van der Waals surface area (Å²) in [5.74, 6) is 0.699. The maximum atomic E-state index is 5.48. The molecule has 12 aromatic rings. The smallest absolute Gasteiger partial charge is 0.160 e. The van der Waals surface area contributed by atoms with Gasteiger partial charge in [0.05, 0.1) is 22.6 Å². The molecule has 314 valence electrons. The van der Waals surface area contributed by atoms with Crippen molar-refractivity contribution >= 4 is 32.3 Å². The van der Waals surface area contributed by atoms with E-state index in [4.69, 9.17) is 15.0 Å². The van der Waals surface area contributed by atoms with Crippen LogP contribution in [0.3, 0.4) is 0 Å². The predicted molar refractivity (Wildman–Crippen MR) is 282 cm³/mol. The van der Waals surface area contributed by atoms with Crippen molar-refractivity contribution in [3.8, 4) is 100 Å². The molecule has 0 amide bonds. The van der Waals surface area contributed by atoms with Gasteiger partial charge in [-0.05, 0) is 87.0 Å². The Labute approximate surface area is 394 Å². The lowest BCUT2D eigenvalue weighted by atomic mass is 9.89. The molecule has 0 unspecified atom stereocenters. The number of aromatic nitrogens is 3. The van der Waals surface area contributed by atoms with E-state index < -0.39 is 0 Å². The Kier molecular flexibility index (Phi) is 10.4. The Morgan fingerprint density at radius 1 is 0.284 bits per heavy atom. The molecular weight excluding hydrogens is 831 g/mol. The molecule has 0 spiro atoms. The van der Waals surface area contributed by atoms with Gasteiger partial charge < -0.3 is 0 Å². The Morgan fingerprint density at radius 3 is 1.33 bits per heavy atom. The summed E-state index contributed by atoms with van der Waals surface area (Å²) in [6.45, 7) is 0. The molecule has 0 fully saturated rings. The van der Waals surface area contributed by atoms with Gasteiger partial charge in [-0.3, -0.25) is 0 Å². The summed E-state index contributed by atoms with van der Waals surface area (Å²) < 4.78 is 1.22. The summed E-state index contributed by atoms with van der Waals surface area (Å²) in [5, 5.41) is 2.31. The minimum absolute atomic E-state index is 0.699. The first-order valence-electron chi connectivity index (χ1n) is 22.6. The molecule has 0 radical (unpaired) electrons. The van der Waals surface area contributed by atoms with Crippen LogP contribution in [0.1, 0.15) is 0 Å². The van der Waals surface area contributed by atoms with E-state index in [1.54, 1.807) is 0 Å². The third-order valence-electron chi connectivity index (χ3n) is 12.5. The molecule has 0 N–H and O–H groups in total. The van der Waals surface area contributed by atoms with Crippen molar-refractivity contribution in [2.24, 2.45) is 0 Å². The molecule has 12 rings (SSSR count). The molecule has 9 aromatic carbocycles. The van der Waals surface area contributed by atoms with Crippen LogP contribution in [0.4, 0.5) is 0 Å². The van der Waals surface area contributed by atoms with E-state index in [9.17, 15) is 0 Å². The fraction of sp³-hybridized carbons (Fsp3) is 0. The first kappa shape index (κ1) is 40.0. The van der Waals surface area contributed by atoms with Gasteiger partial charge in [-0.25, -0.2) is 15.0 Å². The molecule has 0 saturated carbocycles. The molecule has 0 aliphatic carbocycles. The quantitative estimate of drug-likeness (QED) is 0.145. The summed E-state index contributed by atoms with van der Waals surface area (Å²) in [7, 11) is 0. The number of rotatable bonds is 9. The summed E-state index contributed by atoms with van der Waals surface area (Å²) in [5.41, 5.74) is 18.3. The first-order valence-corrected chi connectivity index (χ1v) is 23.4. The lowest BCUT2D eigenvalue weighted by Gasteiger charge is -2.15. The fourth-order valence-corrected chi connectivity index (χ4v) is 10.6. The Hall–Kier alpha value is -8.57. The van der Waals surface area contributed by atoms with Crippen molar-refractivity contribution in [3.05, 3.63) is 249 Å². The number of benzene rings is 9. The second-order valence-electron chi connectivity index (χ2n) is 16.7. The molecule has 0 aliphatic rings. The number of para-hydroxylation sites is 1. The van der Waals surface area contributed by atoms with Crippen LogP contribution in [0, 0.1) is 0 Å². The zero-order valence-corrected chi connectivity index (χ0v) is 37.2. The zero-order valence-electron chi connectivity index (χ0n) is 36.4. The second kappa shape index (κ2) is 17.4. The molecular formula is C63H41N3S. The van der Waals surface area contributed by atoms with E-state index >= 15 is 0 Å². The fourth-order valence-electron chi connectivity index (χ4n) is 9.20. The van der Waals surface area contributed by atoms with Crippen molar-refractivity contribution in [1.29, 1.82) is 0 Å². The highest BCUT2D eigenvalue weighted by molar-refractivity contribution is 7.24. The van der Waals surface area contributed by atoms with Gasteiger partial charge in [0.15, 0.2) is 5.82 Å². The van der Waals surface area contributed by atoms with Crippen molar-refractivity contribution < 1.29 is 0 Å². The zero-order chi connectivity index (χ0) is 44.5. The number of pyridine rings is 1. The highest BCUT2D eigenvalue weighted by Crippen LogP contribution is 2.51. The summed E-state index contributed by atoms with van der Waals surface area (Å²) in [6, 6.07) is 88.3. The molecule has 0 aliphatic heterocycles. The number of hydrogen-bond acceptors (Lipinski definition) is 4. The van der Waals surface area contributed by atoms with E-state index in [2.05, 4.69) is 224 Å². The van der Waals surface area contributed by atoms with Gasteiger partial charge in [0.2, 0.25) is 0 Å². The van der Waals surface area contributed by atoms with Crippen molar-refractivity contribution in [1.82, 2.24) is 15.0 Å². The SMILES string of the molecule is c1ccc(-c2cc(-c3ccccc3)cc(-c3c(-c4cccc(-c5cccc(-c6cc(-c7ccccc7)nc(-c7ccccc7)n6)c5)c4)sc4c3c(-c3ccccc3)nc3ccccc34)c2)cc1. The highest BCUT2D eigenvalue weighted by Gasteiger charge is 2.24. The van der Waals surface area contributed by atoms with Crippen LogP contribution in [0.25, 0.3) is 121 Å². The van der Waals surface area contributed by atoms with Crippen LogP contribution in [0.2, 0.25) is 0 Å². The van der Waals surface area contributed by atoms with Crippen LogP contribution in [-0.4, -0.2) is 15.0 Å². The number of fused-ring (bicyclic) bond motifs is 3. The molecule has 3 aromatic heterocycles. The molecule has 0 saturated heterocycles. The summed E-state index contributed by atoms with van der Waals surface area (Å²) >= 11 is 1.86. The maximum Gasteiger partial charge on any atom is 0.160 e. The van der Waals surface area contributed by atoms with Crippen LogP contribution < -0.4 is 0 Å². The summed E-state index contributed by atoms with van der Waals surface area (Å²) in [4.78, 5) is 16.9. The molecule has 4 heteroatoms. The van der Waals surface area contributed by atoms with Crippen LogP contribution in [-0.2, 0) is 0 Å². The van der Waals surface area contributed by atoms with Crippen molar-refractivity contribution in [2.75, 3.05) is 0 Å². The van der Waals surface area contributed by atoms with Gasteiger partial charge in [-0.15, -0.1) is 11.3 Å². The van der Waals surface area contributed by atoms with E-state index in [1.165, 1.54) is 37.4 Å². The first-order chi connectivity index (χ1) is 33.2. The van der Waals surface area contributed by atoms with E-state index in [0.717, 1.165) is 77.9 Å². The van der Waals surface area contributed by atoms with Gasteiger partial charge in [0.25, 0.3) is 0 Å². The Morgan fingerprint density at radius 2 is 0.716 bits per heavy atom. The van der Waals surface area contributed by atoms with Gasteiger partial charge in [-0.2, -0.15) is 0 Å². The molecule has 0 bridgehead atoms. The number of thiophene rings is 1. The highest BCUT2D eigenvalue weighted by atomic mass is 32.1. The van der Waals surface area contributed by atoms with Crippen molar-refractivity contribution in [3.63, 3.8) is 0 Å². The minimum atomic E-state index is 0.699. The molecule has 3 heterocycles. The third kappa shape index (κ3) is 7.80.